The molecule has 0 bridgehead atoms. The third-order valence-corrected chi connectivity index (χ3v) is 8.95. The van der Waals surface area contributed by atoms with Gasteiger partial charge in [-0.05, 0) is 94.2 Å². The molecule has 0 radical (unpaired) electrons. The Bertz CT molecular complexity index is 1350. The number of aryl methyl sites for hydroxylation is 1. The van der Waals surface area contributed by atoms with Gasteiger partial charge in [-0.1, -0.05) is 31.2 Å². The van der Waals surface area contributed by atoms with Crippen LogP contribution in [0.3, 0.4) is 0 Å². The number of thiophene rings is 1. The van der Waals surface area contributed by atoms with Crippen molar-refractivity contribution in [2.75, 3.05) is 0 Å². The number of halogens is 3. The minimum atomic E-state index is -4.61. The lowest BCUT2D eigenvalue weighted by molar-refractivity contribution is -0.218. The summed E-state index contributed by atoms with van der Waals surface area (Å²) in [6.45, 7) is 8.84. The van der Waals surface area contributed by atoms with Crippen LogP contribution < -0.4 is 16.2 Å². The molecule has 4 atom stereocenters. The molecule has 1 saturated carbocycles. The standard InChI is InChI=1S/C31H39F3N2O3S/c1-6-18-9-7-8-10-21(18)25-15-19-11-12-20(16-24(19)40-25)38-22-13-14-23(27(22)31(32,33)34)39-28(37)30(4,5)26(35)17-29(2,3)36/h7-12,15-16,22-23,26-27H,6,13-14,17,35-36H2,1-5H3. The Balaban J connectivity index is 1.52. The van der Waals surface area contributed by atoms with Gasteiger partial charge < -0.3 is 20.9 Å². The normalized spacial score (nSPS) is 21.0. The molecule has 1 aliphatic rings. The fourth-order valence-corrected chi connectivity index (χ4v) is 6.49. The number of ether oxygens (including phenoxy) is 2. The highest BCUT2D eigenvalue weighted by Gasteiger charge is 2.56. The third-order valence-electron chi connectivity index (χ3n) is 7.81. The number of carbonyl (C=O) groups is 1. The molecule has 0 saturated heterocycles. The first-order valence-electron chi connectivity index (χ1n) is 13.7. The first-order chi connectivity index (χ1) is 18.6. The molecule has 4 unspecified atom stereocenters. The van der Waals surface area contributed by atoms with Gasteiger partial charge in [0.2, 0.25) is 0 Å². The minimum absolute atomic E-state index is 0.0491. The maximum Gasteiger partial charge on any atom is 0.398 e. The van der Waals surface area contributed by atoms with E-state index in [1.807, 2.05) is 18.2 Å². The molecule has 1 aliphatic carbocycles. The Morgan fingerprint density at radius 2 is 1.73 bits per heavy atom. The lowest BCUT2D eigenvalue weighted by Gasteiger charge is -2.35. The second kappa shape index (κ2) is 11.3. The molecule has 0 aliphatic heterocycles. The van der Waals surface area contributed by atoms with Gasteiger partial charge in [-0.25, -0.2) is 0 Å². The highest BCUT2D eigenvalue weighted by Crippen LogP contribution is 2.44. The van der Waals surface area contributed by atoms with E-state index in [-0.39, 0.29) is 12.8 Å². The Labute approximate surface area is 238 Å². The van der Waals surface area contributed by atoms with E-state index in [4.69, 9.17) is 20.9 Å². The molecule has 4 N–H and O–H groups in total. The topological polar surface area (TPSA) is 87.6 Å². The summed E-state index contributed by atoms with van der Waals surface area (Å²) in [6, 6.07) is 15.0. The molecule has 0 amide bonds. The molecule has 4 rings (SSSR count). The maximum absolute atomic E-state index is 14.3. The molecule has 1 fully saturated rings. The smallest absolute Gasteiger partial charge is 0.398 e. The van der Waals surface area contributed by atoms with E-state index < -0.39 is 47.3 Å². The van der Waals surface area contributed by atoms with Crippen LogP contribution in [-0.4, -0.2) is 35.9 Å². The van der Waals surface area contributed by atoms with Crippen LogP contribution in [0.1, 0.15) is 59.4 Å². The second-order valence-electron chi connectivity index (χ2n) is 12.1. The molecule has 218 valence electrons. The number of hydrogen-bond acceptors (Lipinski definition) is 6. The number of rotatable bonds is 9. The van der Waals surface area contributed by atoms with Crippen LogP contribution >= 0.6 is 11.3 Å². The molecule has 2 aromatic carbocycles. The number of hydrogen-bond donors (Lipinski definition) is 2. The van der Waals surface area contributed by atoms with Crippen molar-refractivity contribution in [3.63, 3.8) is 0 Å². The summed E-state index contributed by atoms with van der Waals surface area (Å²) >= 11 is 1.58. The van der Waals surface area contributed by atoms with Crippen molar-refractivity contribution in [1.82, 2.24) is 0 Å². The summed E-state index contributed by atoms with van der Waals surface area (Å²) in [5.41, 5.74) is 12.8. The molecule has 0 spiro atoms. The van der Waals surface area contributed by atoms with Crippen LogP contribution in [-0.2, 0) is 16.0 Å². The van der Waals surface area contributed by atoms with Crippen LogP contribution in [0, 0.1) is 11.3 Å². The molecular weight excluding hydrogens is 537 g/mol. The van der Waals surface area contributed by atoms with Crippen LogP contribution in [0.4, 0.5) is 13.2 Å². The summed E-state index contributed by atoms with van der Waals surface area (Å²) in [4.78, 5) is 14.1. The Kier molecular flexibility index (Phi) is 8.60. The lowest BCUT2D eigenvalue weighted by atomic mass is 9.79. The average molecular weight is 577 g/mol. The molecule has 40 heavy (non-hydrogen) atoms. The molecular formula is C31H39F3N2O3S. The van der Waals surface area contributed by atoms with Gasteiger partial charge >= 0.3 is 12.1 Å². The average Bonchev–Trinajstić information content (AvgIpc) is 3.46. The Morgan fingerprint density at radius 1 is 1.05 bits per heavy atom. The van der Waals surface area contributed by atoms with Gasteiger partial charge in [0, 0.05) is 21.2 Å². The Morgan fingerprint density at radius 3 is 2.38 bits per heavy atom. The summed E-state index contributed by atoms with van der Waals surface area (Å²) in [5.74, 6) is -2.34. The summed E-state index contributed by atoms with van der Waals surface area (Å²) in [5, 5.41) is 1.00. The predicted molar refractivity (Wildman–Crippen MR) is 154 cm³/mol. The van der Waals surface area contributed by atoms with Gasteiger partial charge in [0.25, 0.3) is 0 Å². The fourth-order valence-electron chi connectivity index (χ4n) is 5.34. The number of esters is 1. The fraction of sp³-hybridized carbons (Fsp3) is 0.516. The van der Waals surface area contributed by atoms with Crippen molar-refractivity contribution < 1.29 is 27.4 Å². The highest BCUT2D eigenvalue weighted by molar-refractivity contribution is 7.22. The van der Waals surface area contributed by atoms with Crippen molar-refractivity contribution in [3.8, 4) is 16.2 Å². The summed E-state index contributed by atoms with van der Waals surface area (Å²) < 4.78 is 55.3. The van der Waals surface area contributed by atoms with E-state index in [9.17, 15) is 18.0 Å². The van der Waals surface area contributed by atoms with E-state index in [0.29, 0.717) is 12.2 Å². The van der Waals surface area contributed by atoms with Gasteiger partial charge in [-0.2, -0.15) is 13.2 Å². The van der Waals surface area contributed by atoms with Gasteiger partial charge in [-0.3, -0.25) is 4.79 Å². The zero-order chi connectivity index (χ0) is 29.5. The van der Waals surface area contributed by atoms with Gasteiger partial charge in [0.1, 0.15) is 23.9 Å². The number of benzene rings is 2. The second-order valence-corrected chi connectivity index (χ2v) is 13.2. The van der Waals surface area contributed by atoms with Crippen molar-refractivity contribution in [3.05, 3.63) is 54.1 Å². The van der Waals surface area contributed by atoms with Crippen molar-refractivity contribution in [2.45, 2.75) is 90.3 Å². The number of carbonyl (C=O) groups excluding carboxylic acids is 1. The zero-order valence-electron chi connectivity index (χ0n) is 23.7. The number of nitrogens with two attached hydrogens (primary N) is 2. The zero-order valence-corrected chi connectivity index (χ0v) is 24.5. The van der Waals surface area contributed by atoms with Crippen molar-refractivity contribution in [2.24, 2.45) is 22.8 Å². The molecule has 1 aromatic heterocycles. The summed E-state index contributed by atoms with van der Waals surface area (Å²) in [7, 11) is 0. The van der Waals surface area contributed by atoms with E-state index in [1.165, 1.54) is 5.56 Å². The highest BCUT2D eigenvalue weighted by atomic mass is 32.1. The molecule has 5 nitrogen and oxygen atoms in total. The van der Waals surface area contributed by atoms with Gasteiger partial charge in [0.05, 0.1) is 5.41 Å². The van der Waals surface area contributed by atoms with Crippen molar-refractivity contribution >= 4 is 27.4 Å². The first-order valence-corrected chi connectivity index (χ1v) is 14.5. The quantitative estimate of drug-likeness (QED) is 0.262. The Hall–Kier alpha value is -2.62. The van der Waals surface area contributed by atoms with E-state index in [2.05, 4.69) is 25.1 Å². The van der Waals surface area contributed by atoms with E-state index >= 15 is 0 Å². The largest absolute Gasteiger partial charge is 0.490 e. The lowest BCUT2D eigenvalue weighted by Crippen LogP contribution is -2.51. The molecule has 9 heteroatoms. The SMILES string of the molecule is CCc1ccccc1-c1cc2ccc(OC3CCC(OC(=O)C(C)(C)C(N)CC(C)(C)N)C3C(F)(F)F)cc2s1. The first kappa shape index (κ1) is 30.3. The minimum Gasteiger partial charge on any atom is -0.490 e. The summed E-state index contributed by atoms with van der Waals surface area (Å²) in [6.07, 6.45) is -5.76. The van der Waals surface area contributed by atoms with Crippen LogP contribution in [0.15, 0.2) is 48.5 Å². The van der Waals surface area contributed by atoms with Crippen LogP contribution in [0.5, 0.6) is 5.75 Å². The molecule has 1 heterocycles. The predicted octanol–water partition coefficient (Wildman–Crippen LogP) is 7.24. The monoisotopic (exact) mass is 576 g/mol. The maximum atomic E-state index is 14.3. The van der Waals surface area contributed by atoms with E-state index in [0.717, 1.165) is 26.9 Å². The van der Waals surface area contributed by atoms with Gasteiger partial charge in [-0.15, -0.1) is 11.3 Å². The number of fused-ring (bicyclic) bond motifs is 1. The molecule has 3 aromatic rings. The third kappa shape index (κ3) is 6.64. The van der Waals surface area contributed by atoms with Crippen LogP contribution in [0.25, 0.3) is 20.5 Å². The van der Waals surface area contributed by atoms with Crippen LogP contribution in [0.2, 0.25) is 0 Å². The van der Waals surface area contributed by atoms with Gasteiger partial charge in [0.15, 0.2) is 0 Å². The van der Waals surface area contributed by atoms with E-state index in [1.54, 1.807) is 51.2 Å². The van der Waals surface area contributed by atoms with Crippen molar-refractivity contribution in [1.29, 1.82) is 0 Å². The number of alkyl halides is 3.